The average Bonchev–Trinajstić information content (AvgIpc) is 3.69. The number of methoxy groups -OCH3 is 1. The number of hydrogen-bond acceptors (Lipinski definition) is 7. The van der Waals surface area contributed by atoms with Crippen molar-refractivity contribution in [3.8, 4) is 33.1 Å². The van der Waals surface area contributed by atoms with Crippen molar-refractivity contribution in [3.05, 3.63) is 83.1 Å². The fraction of sp³-hybridized carbons (Fsp3) is 0.222. The van der Waals surface area contributed by atoms with E-state index in [-0.39, 0.29) is 5.97 Å². The summed E-state index contributed by atoms with van der Waals surface area (Å²) in [5, 5.41) is 16.4. The maximum absolute atomic E-state index is 12.2. The molecule has 0 saturated heterocycles. The second kappa shape index (κ2) is 10.7. The van der Waals surface area contributed by atoms with E-state index < -0.39 is 0 Å². The van der Waals surface area contributed by atoms with E-state index in [1.54, 1.807) is 6.07 Å². The SMILES string of the molecule is CCCCc1nc(-c2sccc2C(=O)OC)cn1Cc1ccc(-c2ccccc2-c2nn[nH]n2)cc1. The Morgan fingerprint density at radius 3 is 2.61 bits per heavy atom. The molecule has 2 aromatic carbocycles. The fourth-order valence-corrected chi connectivity index (χ4v) is 5.04. The predicted octanol–water partition coefficient (Wildman–Crippen LogP) is 5.64. The number of nitrogens with zero attached hydrogens (tertiary/aromatic N) is 5. The van der Waals surface area contributed by atoms with Crippen LogP contribution in [-0.2, 0) is 17.7 Å². The molecular weight excluding hydrogens is 472 g/mol. The second-order valence-corrected chi connectivity index (χ2v) is 9.32. The molecule has 36 heavy (non-hydrogen) atoms. The molecule has 9 heteroatoms. The highest BCUT2D eigenvalue weighted by Gasteiger charge is 2.19. The fourth-order valence-electron chi connectivity index (χ4n) is 4.21. The maximum Gasteiger partial charge on any atom is 0.339 e. The van der Waals surface area contributed by atoms with Gasteiger partial charge in [-0.15, -0.1) is 21.5 Å². The number of thiophene rings is 1. The lowest BCUT2D eigenvalue weighted by Gasteiger charge is -2.10. The summed E-state index contributed by atoms with van der Waals surface area (Å²) in [6, 6.07) is 18.3. The number of ether oxygens (including phenoxy) is 1. The summed E-state index contributed by atoms with van der Waals surface area (Å²) in [7, 11) is 1.40. The summed E-state index contributed by atoms with van der Waals surface area (Å²) < 4.78 is 7.14. The van der Waals surface area contributed by atoms with E-state index in [1.165, 1.54) is 18.4 Å². The van der Waals surface area contributed by atoms with Gasteiger partial charge >= 0.3 is 5.97 Å². The molecule has 8 nitrogen and oxygen atoms in total. The molecule has 0 unspecified atom stereocenters. The number of rotatable bonds is 9. The average molecular weight is 499 g/mol. The number of hydrogen-bond donors (Lipinski definition) is 1. The van der Waals surface area contributed by atoms with Crippen LogP contribution < -0.4 is 0 Å². The molecule has 0 atom stereocenters. The van der Waals surface area contributed by atoms with Crippen LogP contribution in [0, 0.1) is 0 Å². The molecule has 182 valence electrons. The highest BCUT2D eigenvalue weighted by atomic mass is 32.1. The van der Waals surface area contributed by atoms with Gasteiger partial charge in [-0.1, -0.05) is 61.9 Å². The number of aromatic amines is 1. The monoisotopic (exact) mass is 498 g/mol. The molecule has 0 aliphatic heterocycles. The van der Waals surface area contributed by atoms with Crippen LogP contribution in [0.15, 0.2) is 66.2 Å². The molecule has 0 bridgehead atoms. The second-order valence-electron chi connectivity index (χ2n) is 8.41. The summed E-state index contributed by atoms with van der Waals surface area (Å²) in [6.07, 6.45) is 5.06. The molecule has 5 aromatic rings. The van der Waals surface area contributed by atoms with E-state index in [2.05, 4.69) is 62.4 Å². The molecule has 5 rings (SSSR count). The Kier molecular flexibility index (Phi) is 6.99. The van der Waals surface area contributed by atoms with Crippen LogP contribution in [0.1, 0.15) is 41.5 Å². The maximum atomic E-state index is 12.2. The zero-order chi connectivity index (χ0) is 24.9. The van der Waals surface area contributed by atoms with Crippen LogP contribution in [0.3, 0.4) is 0 Å². The predicted molar refractivity (Wildman–Crippen MR) is 140 cm³/mol. The van der Waals surface area contributed by atoms with Crippen LogP contribution in [-0.4, -0.2) is 43.3 Å². The third kappa shape index (κ3) is 4.83. The Balaban J connectivity index is 1.43. The summed E-state index contributed by atoms with van der Waals surface area (Å²) in [5.41, 5.74) is 5.58. The van der Waals surface area contributed by atoms with E-state index in [0.29, 0.717) is 17.9 Å². The van der Waals surface area contributed by atoms with Gasteiger partial charge in [0, 0.05) is 24.7 Å². The lowest BCUT2D eigenvalue weighted by molar-refractivity contribution is 0.0602. The van der Waals surface area contributed by atoms with Gasteiger partial charge in [0.25, 0.3) is 0 Å². The van der Waals surface area contributed by atoms with Gasteiger partial charge in [0.05, 0.1) is 23.2 Å². The number of carbonyl (C=O) groups is 1. The van der Waals surface area contributed by atoms with Crippen LogP contribution in [0.4, 0.5) is 0 Å². The quantitative estimate of drug-likeness (QED) is 0.264. The number of benzene rings is 2. The number of aromatic nitrogens is 6. The van der Waals surface area contributed by atoms with Crippen LogP contribution in [0.5, 0.6) is 0 Å². The molecular formula is C27H26N6O2S. The molecule has 3 aromatic heterocycles. The van der Waals surface area contributed by atoms with Crippen molar-refractivity contribution in [3.63, 3.8) is 0 Å². The molecule has 3 heterocycles. The van der Waals surface area contributed by atoms with Gasteiger partial charge < -0.3 is 9.30 Å². The molecule has 0 aliphatic rings. The van der Waals surface area contributed by atoms with Crippen LogP contribution >= 0.6 is 11.3 Å². The molecule has 0 fully saturated rings. The normalized spacial score (nSPS) is 11.1. The molecule has 0 aliphatic carbocycles. The first kappa shape index (κ1) is 23.6. The summed E-state index contributed by atoms with van der Waals surface area (Å²) in [4.78, 5) is 18.0. The number of esters is 1. The van der Waals surface area contributed by atoms with Gasteiger partial charge in [0.2, 0.25) is 5.82 Å². The van der Waals surface area contributed by atoms with Crippen molar-refractivity contribution in [2.75, 3.05) is 7.11 Å². The van der Waals surface area contributed by atoms with Gasteiger partial charge in [0.1, 0.15) is 5.82 Å². The largest absolute Gasteiger partial charge is 0.465 e. The topological polar surface area (TPSA) is 98.6 Å². The van der Waals surface area contributed by atoms with Crippen molar-refractivity contribution in [1.29, 1.82) is 0 Å². The molecule has 0 radical (unpaired) electrons. The van der Waals surface area contributed by atoms with Crippen LogP contribution in [0.25, 0.3) is 33.1 Å². The van der Waals surface area contributed by atoms with E-state index in [1.807, 2.05) is 29.8 Å². The summed E-state index contributed by atoms with van der Waals surface area (Å²) >= 11 is 1.50. The number of carbonyl (C=O) groups excluding carboxylic acids is 1. The molecule has 0 amide bonds. The molecule has 1 N–H and O–H groups in total. The van der Waals surface area contributed by atoms with Gasteiger partial charge in [-0.3, -0.25) is 0 Å². The minimum absolute atomic E-state index is 0.340. The Labute approximate surface area is 213 Å². The van der Waals surface area contributed by atoms with Crippen molar-refractivity contribution in [2.45, 2.75) is 32.7 Å². The van der Waals surface area contributed by atoms with E-state index >= 15 is 0 Å². The lowest BCUT2D eigenvalue weighted by atomic mass is 9.98. The van der Waals surface area contributed by atoms with Gasteiger partial charge in [-0.25, -0.2) is 9.78 Å². The first-order valence-corrected chi connectivity index (χ1v) is 12.7. The lowest BCUT2D eigenvalue weighted by Crippen LogP contribution is -2.04. The third-order valence-electron chi connectivity index (χ3n) is 6.05. The number of imidazole rings is 1. The zero-order valence-electron chi connectivity index (χ0n) is 20.1. The van der Waals surface area contributed by atoms with Gasteiger partial charge in [-0.2, -0.15) is 5.21 Å². The van der Waals surface area contributed by atoms with E-state index in [4.69, 9.17) is 9.72 Å². The Morgan fingerprint density at radius 2 is 1.89 bits per heavy atom. The Bertz CT molecular complexity index is 1450. The van der Waals surface area contributed by atoms with Crippen molar-refractivity contribution in [1.82, 2.24) is 30.2 Å². The standard InChI is InChI=1S/C27H26N6O2S/c1-3-4-9-24-28-23(25-22(14-15-36-25)27(34)35-2)17-33(24)16-18-10-12-19(13-11-18)20-7-5-6-8-21(20)26-29-31-32-30-26/h5-8,10-15,17H,3-4,9,16H2,1-2H3,(H,29,30,31,32). The minimum Gasteiger partial charge on any atom is -0.465 e. The zero-order valence-corrected chi connectivity index (χ0v) is 21.0. The Morgan fingerprint density at radius 1 is 1.08 bits per heavy atom. The molecule has 0 spiro atoms. The van der Waals surface area contributed by atoms with E-state index in [0.717, 1.165) is 57.9 Å². The number of unbranched alkanes of at least 4 members (excludes halogenated alkanes) is 1. The molecule has 0 saturated carbocycles. The minimum atomic E-state index is -0.340. The number of aryl methyl sites for hydroxylation is 1. The van der Waals surface area contributed by atoms with Crippen molar-refractivity contribution < 1.29 is 9.53 Å². The van der Waals surface area contributed by atoms with Crippen molar-refractivity contribution >= 4 is 17.3 Å². The number of nitrogens with one attached hydrogen (secondary N) is 1. The van der Waals surface area contributed by atoms with Gasteiger partial charge in [0.15, 0.2) is 0 Å². The summed E-state index contributed by atoms with van der Waals surface area (Å²) in [5.74, 6) is 1.25. The Hall–Kier alpha value is -4.11. The number of tetrazole rings is 1. The van der Waals surface area contributed by atoms with Crippen LogP contribution in [0.2, 0.25) is 0 Å². The highest BCUT2D eigenvalue weighted by Crippen LogP contribution is 2.32. The van der Waals surface area contributed by atoms with E-state index in [9.17, 15) is 4.79 Å². The first-order chi connectivity index (χ1) is 17.7. The number of H-pyrrole nitrogens is 1. The van der Waals surface area contributed by atoms with Gasteiger partial charge in [-0.05, 0) is 39.8 Å². The third-order valence-corrected chi connectivity index (χ3v) is 6.98. The van der Waals surface area contributed by atoms with Crippen molar-refractivity contribution in [2.24, 2.45) is 0 Å². The first-order valence-electron chi connectivity index (χ1n) is 11.8. The summed E-state index contributed by atoms with van der Waals surface area (Å²) in [6.45, 7) is 2.87. The smallest absolute Gasteiger partial charge is 0.339 e. The highest BCUT2D eigenvalue weighted by molar-refractivity contribution is 7.14.